The van der Waals surface area contributed by atoms with Gasteiger partial charge in [-0.3, -0.25) is 0 Å². The molecule has 0 amide bonds. The summed E-state index contributed by atoms with van der Waals surface area (Å²) >= 11 is 0. The molecule has 0 aliphatic rings. The zero-order chi connectivity index (χ0) is 19.6. The quantitative estimate of drug-likeness (QED) is 0.667. The Morgan fingerprint density at radius 3 is 2.52 bits per heavy atom. The van der Waals surface area contributed by atoms with Gasteiger partial charge in [0.25, 0.3) is 10.0 Å². The first-order chi connectivity index (χ1) is 12.9. The molecule has 0 spiro atoms. The Morgan fingerprint density at radius 1 is 1.22 bits per heavy atom. The molecule has 0 bridgehead atoms. The van der Waals surface area contributed by atoms with Crippen LogP contribution in [0.4, 0.5) is 10.3 Å². The average molecular weight is 387 g/mol. The number of methoxy groups -OCH3 is 1. The highest BCUT2D eigenvalue weighted by molar-refractivity contribution is 7.92. The molecule has 0 unspecified atom stereocenters. The predicted octanol–water partition coefficient (Wildman–Crippen LogP) is 3.19. The van der Waals surface area contributed by atoms with E-state index in [1.165, 1.54) is 26.3 Å². The monoisotopic (exact) mass is 387 g/mol. The highest BCUT2D eigenvalue weighted by Gasteiger charge is 2.29. The maximum absolute atomic E-state index is 13.9. The molecule has 0 saturated carbocycles. The summed E-state index contributed by atoms with van der Waals surface area (Å²) in [5.74, 6) is -1.06. The minimum absolute atomic E-state index is 0.0830. The van der Waals surface area contributed by atoms with E-state index in [4.69, 9.17) is 9.15 Å². The van der Waals surface area contributed by atoms with E-state index < -0.39 is 15.8 Å². The van der Waals surface area contributed by atoms with Crippen LogP contribution in [0.5, 0.6) is 5.75 Å². The molecule has 2 aromatic carbocycles. The maximum Gasteiger partial charge on any atom is 0.266 e. The number of nitrogens with zero attached hydrogens (tertiary/aromatic N) is 3. The van der Waals surface area contributed by atoms with E-state index in [-0.39, 0.29) is 28.1 Å². The Kier molecular flexibility index (Phi) is 4.83. The van der Waals surface area contributed by atoms with Gasteiger partial charge in [-0.25, -0.2) is 17.1 Å². The summed E-state index contributed by atoms with van der Waals surface area (Å²) in [6.45, 7) is 0. The molecule has 7 nitrogen and oxygen atoms in total. The molecular weight excluding hydrogens is 373 g/mol. The van der Waals surface area contributed by atoms with Crippen LogP contribution in [0.3, 0.4) is 0 Å². The second-order valence-corrected chi connectivity index (χ2v) is 7.39. The van der Waals surface area contributed by atoms with Crippen LogP contribution in [-0.2, 0) is 10.0 Å². The van der Waals surface area contributed by atoms with Crippen molar-refractivity contribution in [3.63, 3.8) is 0 Å². The predicted molar refractivity (Wildman–Crippen MR) is 95.2 cm³/mol. The van der Waals surface area contributed by atoms with Crippen molar-refractivity contribution in [1.29, 1.82) is 5.26 Å². The number of benzene rings is 2. The molecule has 9 heteroatoms. The molecule has 0 aliphatic heterocycles. The number of nitriles is 1. The fourth-order valence-electron chi connectivity index (χ4n) is 2.38. The lowest BCUT2D eigenvalue weighted by Crippen LogP contribution is -2.27. The first-order valence-electron chi connectivity index (χ1n) is 7.67. The fourth-order valence-corrected chi connectivity index (χ4v) is 3.53. The highest BCUT2D eigenvalue weighted by Crippen LogP contribution is 2.31. The van der Waals surface area contributed by atoms with Gasteiger partial charge >= 0.3 is 0 Å². The Hall–Kier alpha value is -3.38. The number of sulfonamides is 1. The van der Waals surface area contributed by atoms with Gasteiger partial charge in [-0.15, -0.1) is 0 Å². The molecule has 0 fully saturated rings. The summed E-state index contributed by atoms with van der Waals surface area (Å²) < 4.78 is 50.6. The standard InChI is InChI=1S/C18H14FN3O4S/c1-22(27(23,24)13-8-9-16(25-2)14(19)10-13)18-15(11-20)21-17(26-18)12-6-4-3-5-7-12/h3-10H,1-2H3. The topological polar surface area (TPSA) is 96.4 Å². The van der Waals surface area contributed by atoms with Gasteiger partial charge in [0.1, 0.15) is 6.07 Å². The van der Waals surface area contributed by atoms with Crippen molar-refractivity contribution >= 4 is 15.9 Å². The second kappa shape index (κ2) is 7.09. The average Bonchev–Trinajstić information content (AvgIpc) is 3.12. The van der Waals surface area contributed by atoms with Gasteiger partial charge in [-0.1, -0.05) is 18.2 Å². The number of aromatic nitrogens is 1. The van der Waals surface area contributed by atoms with E-state index in [0.29, 0.717) is 5.56 Å². The molecule has 27 heavy (non-hydrogen) atoms. The smallest absolute Gasteiger partial charge is 0.266 e. The van der Waals surface area contributed by atoms with Gasteiger partial charge in [0, 0.05) is 12.6 Å². The van der Waals surface area contributed by atoms with E-state index in [1.54, 1.807) is 30.3 Å². The first-order valence-corrected chi connectivity index (χ1v) is 9.11. The number of ether oxygens (including phenoxy) is 1. The van der Waals surface area contributed by atoms with Crippen LogP contribution < -0.4 is 9.04 Å². The number of hydrogen-bond acceptors (Lipinski definition) is 6. The lowest BCUT2D eigenvalue weighted by molar-refractivity contribution is 0.385. The van der Waals surface area contributed by atoms with Gasteiger partial charge in [0.15, 0.2) is 11.6 Å². The number of hydrogen-bond donors (Lipinski definition) is 0. The van der Waals surface area contributed by atoms with E-state index in [2.05, 4.69) is 4.98 Å². The summed E-state index contributed by atoms with van der Waals surface area (Å²) in [6, 6.07) is 13.8. The van der Waals surface area contributed by atoms with Crippen molar-refractivity contribution in [2.45, 2.75) is 4.90 Å². The third-order valence-electron chi connectivity index (χ3n) is 3.80. The normalized spacial score (nSPS) is 11.0. The van der Waals surface area contributed by atoms with Crippen LogP contribution in [0.15, 0.2) is 57.8 Å². The van der Waals surface area contributed by atoms with Crippen molar-refractivity contribution in [3.05, 3.63) is 60.0 Å². The third kappa shape index (κ3) is 3.35. The van der Waals surface area contributed by atoms with Crippen LogP contribution in [-0.4, -0.2) is 27.6 Å². The van der Waals surface area contributed by atoms with E-state index in [1.807, 2.05) is 6.07 Å². The molecular formula is C18H14FN3O4S. The molecule has 0 aliphatic carbocycles. The first kappa shape index (κ1) is 18.4. The maximum atomic E-state index is 13.9. The Balaban J connectivity index is 2.04. The van der Waals surface area contributed by atoms with Gasteiger partial charge in [0.2, 0.25) is 17.5 Å². The summed E-state index contributed by atoms with van der Waals surface area (Å²) in [7, 11) is -1.71. The van der Waals surface area contributed by atoms with Gasteiger partial charge < -0.3 is 9.15 Å². The Morgan fingerprint density at radius 2 is 1.93 bits per heavy atom. The zero-order valence-corrected chi connectivity index (χ0v) is 15.2. The van der Waals surface area contributed by atoms with Crippen molar-refractivity contribution in [2.75, 3.05) is 18.5 Å². The lowest BCUT2D eigenvalue weighted by atomic mass is 10.2. The molecule has 1 heterocycles. The summed E-state index contributed by atoms with van der Waals surface area (Å²) in [4.78, 5) is 3.73. The lowest BCUT2D eigenvalue weighted by Gasteiger charge is -2.16. The van der Waals surface area contributed by atoms with Crippen molar-refractivity contribution in [1.82, 2.24) is 4.98 Å². The number of oxazole rings is 1. The second-order valence-electron chi connectivity index (χ2n) is 5.42. The molecule has 3 rings (SSSR count). The zero-order valence-electron chi connectivity index (χ0n) is 14.4. The summed E-state index contributed by atoms with van der Waals surface area (Å²) in [5.41, 5.74) is 0.385. The fraction of sp³-hybridized carbons (Fsp3) is 0.111. The van der Waals surface area contributed by atoms with Crippen LogP contribution >= 0.6 is 0 Å². The van der Waals surface area contributed by atoms with Gasteiger partial charge in [0.05, 0.1) is 12.0 Å². The van der Waals surface area contributed by atoms with Crippen molar-refractivity contribution < 1.29 is 22.0 Å². The third-order valence-corrected chi connectivity index (χ3v) is 5.54. The van der Waals surface area contributed by atoms with E-state index >= 15 is 0 Å². The number of halogens is 1. The SMILES string of the molecule is COc1ccc(S(=O)(=O)N(C)c2oc(-c3ccccc3)nc2C#N)cc1F. The van der Waals surface area contributed by atoms with Crippen LogP contribution in [0.2, 0.25) is 0 Å². The molecule has 3 aromatic rings. The molecule has 0 atom stereocenters. The minimum atomic E-state index is -4.19. The van der Waals surface area contributed by atoms with Crippen LogP contribution in [0.25, 0.3) is 11.5 Å². The number of rotatable bonds is 5. The van der Waals surface area contributed by atoms with Gasteiger partial charge in [-0.05, 0) is 30.3 Å². The highest BCUT2D eigenvalue weighted by atomic mass is 32.2. The molecule has 0 radical (unpaired) electrons. The molecule has 1 aromatic heterocycles. The number of anilines is 1. The molecule has 0 saturated heterocycles. The van der Waals surface area contributed by atoms with E-state index in [9.17, 15) is 18.1 Å². The largest absolute Gasteiger partial charge is 0.494 e. The minimum Gasteiger partial charge on any atom is -0.494 e. The van der Waals surface area contributed by atoms with Crippen molar-refractivity contribution in [2.24, 2.45) is 0 Å². The van der Waals surface area contributed by atoms with Crippen molar-refractivity contribution in [3.8, 4) is 23.3 Å². The summed E-state index contributed by atoms with van der Waals surface area (Å²) in [6.07, 6.45) is 0. The Labute approximate surface area is 155 Å². The Bertz CT molecular complexity index is 1120. The van der Waals surface area contributed by atoms with Crippen LogP contribution in [0.1, 0.15) is 5.69 Å². The van der Waals surface area contributed by atoms with Gasteiger partial charge in [-0.2, -0.15) is 10.2 Å². The molecule has 138 valence electrons. The summed E-state index contributed by atoms with van der Waals surface area (Å²) in [5, 5.41) is 9.31. The van der Waals surface area contributed by atoms with Crippen LogP contribution in [0, 0.1) is 17.1 Å². The van der Waals surface area contributed by atoms with E-state index in [0.717, 1.165) is 10.4 Å². The molecule has 0 N–H and O–H groups in total.